The van der Waals surface area contributed by atoms with Crippen molar-refractivity contribution >= 4 is 33.5 Å². The first-order chi connectivity index (χ1) is 10.5. The number of aliphatic carboxylic acids is 1. The molecule has 1 amide bonds. The van der Waals surface area contributed by atoms with Gasteiger partial charge in [0.25, 0.3) is 0 Å². The Morgan fingerprint density at radius 1 is 0.955 bits per heavy atom. The van der Waals surface area contributed by atoms with Gasteiger partial charge in [-0.25, -0.2) is 0 Å². The molecule has 22 heavy (non-hydrogen) atoms. The summed E-state index contributed by atoms with van der Waals surface area (Å²) in [5, 5.41) is 12.9. The summed E-state index contributed by atoms with van der Waals surface area (Å²) in [6.07, 6.45) is -0.407. The van der Waals surface area contributed by atoms with E-state index < -0.39 is 5.97 Å². The van der Waals surface area contributed by atoms with Crippen molar-refractivity contribution in [1.29, 1.82) is 0 Å². The highest BCUT2D eigenvalue weighted by atomic mass is 79.9. The molecule has 0 aromatic heterocycles. The topological polar surface area (TPSA) is 78.5 Å². The Hall–Kier alpha value is -2.34. The first-order valence-corrected chi connectivity index (χ1v) is 7.35. The number of anilines is 1. The highest BCUT2D eigenvalue weighted by Crippen LogP contribution is 2.24. The van der Waals surface area contributed by atoms with Gasteiger partial charge >= 0.3 is 0 Å². The molecule has 0 aliphatic rings. The second-order valence-electron chi connectivity index (χ2n) is 4.50. The Balaban J connectivity index is 1.91. The van der Waals surface area contributed by atoms with E-state index in [0.29, 0.717) is 17.2 Å². The van der Waals surface area contributed by atoms with Crippen LogP contribution < -0.4 is 15.2 Å². The van der Waals surface area contributed by atoms with Crippen molar-refractivity contribution in [3.63, 3.8) is 0 Å². The van der Waals surface area contributed by atoms with Crippen LogP contribution in [0.5, 0.6) is 11.5 Å². The number of rotatable bonds is 6. The molecule has 0 spiro atoms. The second-order valence-corrected chi connectivity index (χ2v) is 5.42. The van der Waals surface area contributed by atoms with E-state index in [1.54, 1.807) is 24.3 Å². The van der Waals surface area contributed by atoms with Crippen LogP contribution in [0.15, 0.2) is 53.0 Å². The van der Waals surface area contributed by atoms with E-state index >= 15 is 0 Å². The minimum absolute atomic E-state index is 0.112. The molecule has 0 aliphatic carbocycles. The molecule has 6 heteroatoms. The van der Waals surface area contributed by atoms with Crippen LogP contribution in [0.2, 0.25) is 0 Å². The van der Waals surface area contributed by atoms with Gasteiger partial charge < -0.3 is 20.0 Å². The van der Waals surface area contributed by atoms with Crippen LogP contribution >= 0.6 is 15.9 Å². The number of carboxylic acid groups (broad SMARTS) is 1. The molecule has 2 rings (SSSR count). The van der Waals surface area contributed by atoms with Crippen molar-refractivity contribution < 1.29 is 19.4 Å². The van der Waals surface area contributed by atoms with Crippen LogP contribution in [0.1, 0.15) is 12.8 Å². The van der Waals surface area contributed by atoms with Crippen LogP contribution in [0, 0.1) is 0 Å². The number of hydrogen-bond donors (Lipinski definition) is 1. The monoisotopic (exact) mass is 362 g/mol. The van der Waals surface area contributed by atoms with Crippen molar-refractivity contribution in [2.45, 2.75) is 12.8 Å². The Kier molecular flexibility index (Phi) is 5.55. The van der Waals surface area contributed by atoms with E-state index in [-0.39, 0.29) is 18.7 Å². The summed E-state index contributed by atoms with van der Waals surface area (Å²) in [4.78, 5) is 21.8. The lowest BCUT2D eigenvalue weighted by molar-refractivity contribution is -0.305. The lowest BCUT2D eigenvalue weighted by Crippen LogP contribution is -2.24. The zero-order valence-electron chi connectivity index (χ0n) is 11.5. The zero-order valence-corrected chi connectivity index (χ0v) is 13.1. The maximum atomic E-state index is 11.5. The van der Waals surface area contributed by atoms with E-state index in [1.165, 1.54) is 0 Å². The molecule has 2 aromatic carbocycles. The third-order valence-corrected chi connectivity index (χ3v) is 3.27. The first kappa shape index (κ1) is 16.0. The van der Waals surface area contributed by atoms with Crippen LogP contribution in [0.25, 0.3) is 0 Å². The maximum absolute atomic E-state index is 11.5. The Morgan fingerprint density at radius 3 is 2.05 bits per heavy atom. The summed E-state index contributed by atoms with van der Waals surface area (Å²) in [5.41, 5.74) is 0.575. The summed E-state index contributed by atoms with van der Waals surface area (Å²) in [6.45, 7) is 0. The number of ether oxygens (including phenoxy) is 1. The number of carbonyl (C=O) groups is 2. The third-order valence-electron chi connectivity index (χ3n) is 2.74. The number of hydrogen-bond acceptors (Lipinski definition) is 4. The van der Waals surface area contributed by atoms with Crippen molar-refractivity contribution in [3.8, 4) is 11.5 Å². The largest absolute Gasteiger partial charge is 0.550 e. The van der Waals surface area contributed by atoms with E-state index in [2.05, 4.69) is 21.2 Å². The number of carbonyl (C=O) groups excluding carboxylic acids is 2. The molecule has 114 valence electrons. The van der Waals surface area contributed by atoms with Crippen molar-refractivity contribution in [2.75, 3.05) is 5.32 Å². The minimum Gasteiger partial charge on any atom is -0.550 e. The smallest absolute Gasteiger partial charge is 0.224 e. The van der Waals surface area contributed by atoms with Crippen LogP contribution in [0.3, 0.4) is 0 Å². The predicted octanol–water partition coefficient (Wildman–Crippen LogP) is 2.71. The van der Waals surface area contributed by atoms with E-state index in [0.717, 1.165) is 4.47 Å². The van der Waals surface area contributed by atoms with Gasteiger partial charge in [0.15, 0.2) is 0 Å². The average molecular weight is 363 g/mol. The molecule has 0 heterocycles. The van der Waals surface area contributed by atoms with Crippen molar-refractivity contribution in [1.82, 2.24) is 0 Å². The SMILES string of the molecule is O=C([O-])CCC(=O)Nc1ccc(Oc2ccc(Br)cc2)cc1. The molecular weight excluding hydrogens is 350 g/mol. The lowest BCUT2D eigenvalue weighted by atomic mass is 10.2. The van der Waals surface area contributed by atoms with E-state index in [9.17, 15) is 14.7 Å². The Labute approximate surface area is 136 Å². The predicted molar refractivity (Wildman–Crippen MR) is 83.5 cm³/mol. The summed E-state index contributed by atoms with van der Waals surface area (Å²) in [6, 6.07) is 14.2. The van der Waals surface area contributed by atoms with Crippen molar-refractivity contribution in [2.24, 2.45) is 0 Å². The van der Waals surface area contributed by atoms with Crippen molar-refractivity contribution in [3.05, 3.63) is 53.0 Å². The summed E-state index contributed by atoms with van der Waals surface area (Å²) in [7, 11) is 0. The Morgan fingerprint density at radius 2 is 1.50 bits per heavy atom. The molecule has 0 bridgehead atoms. The van der Waals surface area contributed by atoms with Crippen LogP contribution in [0.4, 0.5) is 5.69 Å². The van der Waals surface area contributed by atoms with E-state index in [4.69, 9.17) is 4.74 Å². The zero-order chi connectivity index (χ0) is 15.9. The Bertz CT molecular complexity index is 653. The lowest BCUT2D eigenvalue weighted by Gasteiger charge is -2.08. The van der Waals surface area contributed by atoms with Crippen LogP contribution in [-0.4, -0.2) is 11.9 Å². The summed E-state index contributed by atoms with van der Waals surface area (Å²) >= 11 is 3.35. The molecule has 0 unspecified atom stereocenters. The number of nitrogens with one attached hydrogen (secondary N) is 1. The molecule has 1 N–H and O–H groups in total. The fraction of sp³-hybridized carbons (Fsp3) is 0.125. The highest BCUT2D eigenvalue weighted by Gasteiger charge is 2.03. The van der Waals surface area contributed by atoms with Gasteiger partial charge in [0.2, 0.25) is 5.91 Å². The van der Waals surface area contributed by atoms with Gasteiger partial charge in [0.05, 0.1) is 0 Å². The molecule has 0 aliphatic heterocycles. The molecule has 0 atom stereocenters. The second kappa shape index (κ2) is 7.61. The molecule has 0 saturated carbocycles. The molecule has 0 fully saturated rings. The van der Waals surface area contributed by atoms with Gasteiger partial charge in [0, 0.05) is 22.6 Å². The molecule has 0 saturated heterocycles. The minimum atomic E-state index is -1.24. The van der Waals surface area contributed by atoms with Gasteiger partial charge in [-0.1, -0.05) is 15.9 Å². The van der Waals surface area contributed by atoms with Gasteiger partial charge in [-0.2, -0.15) is 0 Å². The first-order valence-electron chi connectivity index (χ1n) is 6.56. The fourth-order valence-corrected chi connectivity index (χ4v) is 1.95. The standard InChI is InChI=1S/C16H14BrNO4/c17-11-1-5-13(6-2-11)22-14-7-3-12(4-8-14)18-15(19)9-10-16(20)21/h1-8H,9-10H2,(H,18,19)(H,20,21)/p-1. The summed E-state index contributed by atoms with van der Waals surface area (Å²) < 4.78 is 6.62. The quantitative estimate of drug-likeness (QED) is 0.856. The third kappa shape index (κ3) is 5.21. The number of benzene rings is 2. The van der Waals surface area contributed by atoms with Gasteiger partial charge in [0.1, 0.15) is 11.5 Å². The number of amides is 1. The van der Waals surface area contributed by atoms with Crippen LogP contribution in [-0.2, 0) is 9.59 Å². The average Bonchev–Trinajstić information content (AvgIpc) is 2.49. The maximum Gasteiger partial charge on any atom is 0.224 e. The normalized spacial score (nSPS) is 10.0. The molecule has 0 radical (unpaired) electrons. The number of halogens is 1. The fourth-order valence-electron chi connectivity index (χ4n) is 1.68. The highest BCUT2D eigenvalue weighted by molar-refractivity contribution is 9.10. The van der Waals surface area contributed by atoms with E-state index in [1.807, 2.05) is 24.3 Å². The summed E-state index contributed by atoms with van der Waals surface area (Å²) in [5.74, 6) is -0.275. The molecular formula is C16H13BrNO4-. The molecule has 2 aromatic rings. The molecule has 5 nitrogen and oxygen atoms in total. The van der Waals surface area contributed by atoms with Gasteiger partial charge in [-0.15, -0.1) is 0 Å². The van der Waals surface area contributed by atoms with Gasteiger partial charge in [-0.05, 0) is 55.0 Å². The van der Waals surface area contributed by atoms with Gasteiger partial charge in [-0.3, -0.25) is 4.79 Å². The number of carboxylic acids is 1.